The minimum Gasteiger partial charge on any atom is -0.463 e. The van der Waals surface area contributed by atoms with E-state index < -0.39 is 16.6 Å². The maximum atomic E-state index is 14.5. The van der Waals surface area contributed by atoms with Crippen LogP contribution in [0.3, 0.4) is 0 Å². The first-order chi connectivity index (χ1) is 23.0. The van der Waals surface area contributed by atoms with Crippen LogP contribution in [0.5, 0.6) is 0 Å². The van der Waals surface area contributed by atoms with Crippen LogP contribution in [-0.2, 0) is 29.5 Å². The first-order valence-corrected chi connectivity index (χ1v) is 17.8. The molecule has 0 spiro atoms. The van der Waals surface area contributed by atoms with E-state index in [1.165, 1.54) is 6.92 Å². The molecule has 4 aliphatic rings. The van der Waals surface area contributed by atoms with Crippen molar-refractivity contribution < 1.29 is 29.0 Å². The molecular weight excluding hydrogens is 600 g/mol. The van der Waals surface area contributed by atoms with Gasteiger partial charge in [-0.15, -0.1) is 0 Å². The molecule has 4 fully saturated rings. The highest BCUT2D eigenvalue weighted by molar-refractivity contribution is 5.92. The third kappa shape index (κ3) is 5.09. The van der Waals surface area contributed by atoms with E-state index in [0.717, 1.165) is 48.8 Å². The number of hydrogen-bond donors (Lipinski definition) is 1. The monoisotopic (exact) mass is 648 g/mol. The van der Waals surface area contributed by atoms with Crippen LogP contribution in [-0.4, -0.2) is 41.0 Å². The summed E-state index contributed by atoms with van der Waals surface area (Å²) in [5.41, 5.74) is -1.10. The van der Waals surface area contributed by atoms with Gasteiger partial charge in [0.2, 0.25) is 0 Å². The van der Waals surface area contributed by atoms with Crippen LogP contribution in [0.4, 0.5) is 0 Å². The van der Waals surface area contributed by atoms with E-state index in [0.29, 0.717) is 18.8 Å². The van der Waals surface area contributed by atoms with Crippen molar-refractivity contribution in [3.63, 3.8) is 0 Å². The number of Topliss-reactive ketones (excluding diaryl/α,β-unsaturated/α-hetero) is 2. The number of benzene rings is 3. The molecule has 0 heterocycles. The quantitative estimate of drug-likeness (QED) is 0.202. The third-order valence-electron chi connectivity index (χ3n) is 13.2. The highest BCUT2D eigenvalue weighted by Crippen LogP contribution is 2.67. The zero-order valence-corrected chi connectivity index (χ0v) is 28.4. The van der Waals surface area contributed by atoms with Gasteiger partial charge in [-0.2, -0.15) is 0 Å². The fraction of sp³-hybridized carbons (Fsp3) is 0.500. The Bertz CT molecular complexity index is 1560. The Hall–Kier alpha value is -3.61. The number of aliphatic hydroxyl groups is 1. The highest BCUT2D eigenvalue weighted by atomic mass is 16.5. The number of ether oxygens (including phenoxy) is 2. The van der Waals surface area contributed by atoms with Crippen LogP contribution < -0.4 is 0 Å². The number of esters is 1. The Morgan fingerprint density at radius 2 is 1.38 bits per heavy atom. The average Bonchev–Trinajstić information content (AvgIpc) is 3.36. The van der Waals surface area contributed by atoms with Gasteiger partial charge in [-0.05, 0) is 84.8 Å². The van der Waals surface area contributed by atoms with Gasteiger partial charge < -0.3 is 14.6 Å². The molecule has 0 aromatic heterocycles. The van der Waals surface area contributed by atoms with Crippen molar-refractivity contribution in [3.05, 3.63) is 108 Å². The molecule has 0 amide bonds. The number of carbonyl (C=O) groups excluding carboxylic acids is 3. The van der Waals surface area contributed by atoms with Crippen LogP contribution in [0.2, 0.25) is 0 Å². The molecule has 3 aromatic carbocycles. The lowest BCUT2D eigenvalue weighted by molar-refractivity contribution is -0.184. The maximum Gasteiger partial charge on any atom is 0.302 e. The van der Waals surface area contributed by atoms with Gasteiger partial charge in [-0.1, -0.05) is 105 Å². The van der Waals surface area contributed by atoms with Crippen LogP contribution in [0.1, 0.15) is 88.8 Å². The van der Waals surface area contributed by atoms with E-state index in [1.807, 2.05) is 97.9 Å². The minimum atomic E-state index is -1.67. The highest BCUT2D eigenvalue weighted by Gasteiger charge is 2.69. The summed E-state index contributed by atoms with van der Waals surface area (Å²) >= 11 is 0. The second kappa shape index (κ2) is 12.4. The Morgan fingerprint density at radius 1 is 0.812 bits per heavy atom. The first kappa shape index (κ1) is 32.9. The minimum absolute atomic E-state index is 0.0697. The Labute approximate surface area is 284 Å². The summed E-state index contributed by atoms with van der Waals surface area (Å²) in [7, 11) is 0. The Kier molecular flexibility index (Phi) is 8.48. The van der Waals surface area contributed by atoms with E-state index in [1.54, 1.807) is 0 Å². The van der Waals surface area contributed by atoms with Crippen LogP contribution >= 0.6 is 0 Å². The molecule has 6 heteroatoms. The SMILES string of the molecule is CC(=O)O[C@@H]1CC[C@@]2(C)[C@@H](CC[C@@H]3[C@@H]2C(=O)C[C@@]2(C)[C@H]3CC[C@]2(O)C(=O)COC(c2ccccc2)(c2ccccc2)c2ccccc2)C1. The molecule has 4 aliphatic carbocycles. The maximum absolute atomic E-state index is 14.5. The number of hydrogen-bond acceptors (Lipinski definition) is 6. The van der Waals surface area contributed by atoms with Crippen molar-refractivity contribution in [3.8, 4) is 0 Å². The topological polar surface area (TPSA) is 89.9 Å². The van der Waals surface area contributed by atoms with Crippen molar-refractivity contribution in [1.29, 1.82) is 0 Å². The first-order valence-electron chi connectivity index (χ1n) is 17.8. The van der Waals surface area contributed by atoms with Gasteiger partial charge >= 0.3 is 5.97 Å². The largest absolute Gasteiger partial charge is 0.463 e. The standard InChI is InChI=1S/C42H48O6/c1-28(43)48-33-21-23-39(2)32(25-33)19-20-34-35-22-24-41(46,40(35,3)26-36(44)38(34)39)37(45)27-47-42(29-13-7-4-8-14-29,30-15-9-5-10-16-30)31-17-11-6-12-18-31/h4-18,32-35,38,46H,19-27H2,1-3H3/t32-,33+,34-,35-,38+,39-,40-,41-/m0/s1. The smallest absolute Gasteiger partial charge is 0.302 e. The predicted octanol–water partition coefficient (Wildman–Crippen LogP) is 7.45. The van der Waals surface area contributed by atoms with E-state index >= 15 is 0 Å². The molecule has 0 saturated heterocycles. The summed E-state index contributed by atoms with van der Waals surface area (Å²) in [5.74, 6) is 0.00800. The molecule has 6 nitrogen and oxygen atoms in total. The van der Waals surface area contributed by atoms with E-state index in [9.17, 15) is 19.5 Å². The zero-order valence-electron chi connectivity index (χ0n) is 28.4. The van der Waals surface area contributed by atoms with Gasteiger partial charge in [0.25, 0.3) is 0 Å². The number of carbonyl (C=O) groups is 3. The van der Waals surface area contributed by atoms with Gasteiger partial charge in [0.05, 0.1) is 0 Å². The normalized spacial score (nSPS) is 34.4. The second-order valence-electron chi connectivity index (χ2n) is 15.5. The van der Waals surface area contributed by atoms with Crippen LogP contribution in [0.15, 0.2) is 91.0 Å². The summed E-state index contributed by atoms with van der Waals surface area (Å²) < 4.78 is 12.5. The van der Waals surface area contributed by atoms with Crippen molar-refractivity contribution in [2.45, 2.75) is 89.4 Å². The lowest BCUT2D eigenvalue weighted by Crippen LogP contribution is -2.62. The number of fused-ring (bicyclic) bond motifs is 5. The molecule has 7 rings (SSSR count). The lowest BCUT2D eigenvalue weighted by Gasteiger charge is -2.60. The Morgan fingerprint density at radius 3 is 1.92 bits per heavy atom. The molecule has 0 radical (unpaired) electrons. The summed E-state index contributed by atoms with van der Waals surface area (Å²) in [4.78, 5) is 40.6. The molecule has 1 N–H and O–H groups in total. The molecule has 3 aromatic rings. The predicted molar refractivity (Wildman–Crippen MR) is 183 cm³/mol. The van der Waals surface area contributed by atoms with Crippen LogP contribution in [0.25, 0.3) is 0 Å². The molecule has 4 saturated carbocycles. The van der Waals surface area contributed by atoms with E-state index in [2.05, 4.69) is 6.92 Å². The fourth-order valence-corrected chi connectivity index (χ4v) is 10.9. The lowest BCUT2D eigenvalue weighted by atomic mass is 9.44. The fourth-order valence-electron chi connectivity index (χ4n) is 10.9. The zero-order chi connectivity index (χ0) is 33.7. The van der Waals surface area contributed by atoms with Crippen molar-refractivity contribution >= 4 is 17.5 Å². The summed E-state index contributed by atoms with van der Waals surface area (Å²) in [6.45, 7) is 5.43. The summed E-state index contributed by atoms with van der Waals surface area (Å²) in [6.07, 6.45) is 5.45. The average molecular weight is 649 g/mol. The number of rotatable bonds is 8. The van der Waals surface area contributed by atoms with E-state index in [4.69, 9.17) is 9.47 Å². The molecule has 0 unspecified atom stereocenters. The molecule has 48 heavy (non-hydrogen) atoms. The molecular formula is C42H48O6. The third-order valence-corrected chi connectivity index (χ3v) is 13.2. The van der Waals surface area contributed by atoms with Gasteiger partial charge in [0, 0.05) is 24.7 Å². The van der Waals surface area contributed by atoms with E-state index in [-0.39, 0.29) is 59.8 Å². The molecule has 0 bridgehead atoms. The van der Waals surface area contributed by atoms with Gasteiger partial charge in [-0.25, -0.2) is 0 Å². The van der Waals surface area contributed by atoms with Crippen molar-refractivity contribution in [2.75, 3.05) is 6.61 Å². The molecule has 0 aliphatic heterocycles. The Balaban J connectivity index is 1.17. The summed E-state index contributed by atoms with van der Waals surface area (Å²) in [5, 5.41) is 12.5. The van der Waals surface area contributed by atoms with Crippen molar-refractivity contribution in [1.82, 2.24) is 0 Å². The second-order valence-corrected chi connectivity index (χ2v) is 15.5. The van der Waals surface area contributed by atoms with Crippen molar-refractivity contribution in [2.24, 2.45) is 34.5 Å². The van der Waals surface area contributed by atoms with Gasteiger partial charge in [0.15, 0.2) is 5.78 Å². The number of ketones is 2. The molecule has 8 atom stereocenters. The van der Waals surface area contributed by atoms with Gasteiger partial charge in [-0.3, -0.25) is 14.4 Å². The van der Waals surface area contributed by atoms with Crippen LogP contribution in [0, 0.1) is 34.5 Å². The molecule has 252 valence electrons. The summed E-state index contributed by atoms with van der Waals surface area (Å²) in [6, 6.07) is 29.8. The van der Waals surface area contributed by atoms with Gasteiger partial charge in [0.1, 0.15) is 29.7 Å².